The highest BCUT2D eigenvalue weighted by Gasteiger charge is 2.29. The van der Waals surface area contributed by atoms with Crippen LogP contribution in [-0.2, 0) is 24.3 Å². The smallest absolute Gasteiger partial charge is 0.308 e. The Balaban J connectivity index is 1.46. The highest BCUT2D eigenvalue weighted by atomic mass is 32.2. The summed E-state index contributed by atoms with van der Waals surface area (Å²) in [4.78, 5) is 39.6. The van der Waals surface area contributed by atoms with Gasteiger partial charge in [-0.3, -0.25) is 29.4 Å². The average Bonchev–Trinajstić information content (AvgIpc) is 3.28. The minimum atomic E-state index is -3.64. The van der Waals surface area contributed by atoms with Gasteiger partial charge in [0, 0.05) is 5.56 Å². The maximum Gasteiger partial charge on any atom is 0.308 e. The van der Waals surface area contributed by atoms with Crippen molar-refractivity contribution in [3.8, 4) is 0 Å². The molecule has 0 saturated carbocycles. The van der Waals surface area contributed by atoms with Gasteiger partial charge in [-0.2, -0.15) is 0 Å². The van der Waals surface area contributed by atoms with Gasteiger partial charge in [0.05, 0.1) is 22.7 Å². The zero-order valence-electron chi connectivity index (χ0n) is 14.4. The van der Waals surface area contributed by atoms with E-state index >= 15 is 0 Å². The van der Waals surface area contributed by atoms with Crippen molar-refractivity contribution in [2.24, 2.45) is 4.99 Å². The number of hydrogen-bond donors (Lipinski definition) is 2. The van der Waals surface area contributed by atoms with E-state index in [-0.39, 0.29) is 23.7 Å². The monoisotopic (exact) mass is 421 g/mol. The Morgan fingerprint density at radius 2 is 1.93 bits per heavy atom. The summed E-state index contributed by atoms with van der Waals surface area (Å²) in [5.41, 5.74) is 0.433. The van der Waals surface area contributed by atoms with Crippen LogP contribution < -0.4 is 10.0 Å². The van der Waals surface area contributed by atoms with Crippen molar-refractivity contribution in [3.63, 3.8) is 0 Å². The number of sulfonamides is 1. The van der Waals surface area contributed by atoms with E-state index in [9.17, 15) is 22.8 Å². The lowest BCUT2D eigenvalue weighted by Gasteiger charge is -2.04. The van der Waals surface area contributed by atoms with Crippen molar-refractivity contribution >= 4 is 45.0 Å². The molecule has 2 N–H and O–H groups in total. The first kappa shape index (κ1) is 19.7. The van der Waals surface area contributed by atoms with Crippen LogP contribution in [0, 0.1) is 0 Å². The molecule has 0 fully saturated rings. The third-order valence-electron chi connectivity index (χ3n) is 3.61. The van der Waals surface area contributed by atoms with Gasteiger partial charge in [-0.05, 0) is 23.6 Å². The van der Waals surface area contributed by atoms with E-state index in [2.05, 4.69) is 15.0 Å². The third-order valence-corrected chi connectivity index (χ3v) is 5.88. The summed E-state index contributed by atoms with van der Waals surface area (Å²) in [6.45, 7) is -0.622. The second-order valence-corrected chi connectivity index (χ2v) is 8.20. The number of carbonyl (C=O) groups is 3. The molecule has 146 valence electrons. The average molecular weight is 421 g/mol. The van der Waals surface area contributed by atoms with E-state index in [0.717, 1.165) is 0 Å². The summed E-state index contributed by atoms with van der Waals surface area (Å²) >= 11 is 1.18. The lowest BCUT2D eigenvalue weighted by molar-refractivity contribution is -0.148. The van der Waals surface area contributed by atoms with E-state index in [1.807, 2.05) is 0 Å². The molecular weight excluding hydrogens is 406 g/mol. The molecule has 0 spiro atoms. The molecule has 2 heterocycles. The molecule has 0 atom stereocenters. The second-order valence-electron chi connectivity index (χ2n) is 5.60. The fourth-order valence-corrected chi connectivity index (χ4v) is 4.23. The lowest BCUT2D eigenvalue weighted by atomic mass is 10.2. The van der Waals surface area contributed by atoms with Crippen LogP contribution >= 0.6 is 11.3 Å². The zero-order chi connectivity index (χ0) is 20.1. The van der Waals surface area contributed by atoms with Crippen LogP contribution in [0.4, 0.5) is 0 Å². The number of nitrogens with one attached hydrogen (secondary N) is 2. The first-order valence-electron chi connectivity index (χ1n) is 8.07. The molecule has 2 amide bonds. The number of rotatable bonds is 6. The Kier molecular flexibility index (Phi) is 5.85. The molecule has 1 aliphatic heterocycles. The van der Waals surface area contributed by atoms with E-state index in [0.29, 0.717) is 10.4 Å². The van der Waals surface area contributed by atoms with Crippen LogP contribution in [0.25, 0.3) is 0 Å². The third kappa shape index (κ3) is 4.61. The normalized spacial score (nSPS) is 15.5. The van der Waals surface area contributed by atoms with Crippen molar-refractivity contribution < 1.29 is 27.5 Å². The van der Waals surface area contributed by atoms with Gasteiger partial charge >= 0.3 is 5.97 Å². The Hall–Kier alpha value is -3.05. The molecule has 1 aromatic carbocycles. The number of fused-ring (bicyclic) bond motifs is 1. The SMILES string of the molecule is O=C(COC(=O)CCN=C1NS(=O)(=O)c2ccccc21)NC(=O)c1cccs1. The van der Waals surface area contributed by atoms with Gasteiger partial charge < -0.3 is 4.74 Å². The highest BCUT2D eigenvalue weighted by molar-refractivity contribution is 7.90. The van der Waals surface area contributed by atoms with Gasteiger partial charge in [0.2, 0.25) is 0 Å². The van der Waals surface area contributed by atoms with Crippen molar-refractivity contribution in [2.75, 3.05) is 13.2 Å². The number of hydrogen-bond acceptors (Lipinski definition) is 8. The fourth-order valence-electron chi connectivity index (χ4n) is 2.36. The maximum absolute atomic E-state index is 12.0. The number of nitrogens with zero attached hydrogens (tertiary/aromatic N) is 1. The molecule has 28 heavy (non-hydrogen) atoms. The summed E-state index contributed by atoms with van der Waals surface area (Å²) < 4.78 is 31.0. The minimum absolute atomic E-state index is 0.0270. The number of carbonyl (C=O) groups excluding carboxylic acids is 3. The number of thiophene rings is 1. The topological polar surface area (TPSA) is 131 Å². The summed E-state index contributed by atoms with van der Waals surface area (Å²) in [7, 11) is -3.64. The summed E-state index contributed by atoms with van der Waals surface area (Å²) in [5.74, 6) is -1.84. The molecule has 2 aromatic rings. The first-order valence-corrected chi connectivity index (χ1v) is 10.4. The minimum Gasteiger partial charge on any atom is -0.456 e. The van der Waals surface area contributed by atoms with Gasteiger partial charge in [0.15, 0.2) is 6.61 Å². The van der Waals surface area contributed by atoms with Crippen LogP contribution in [-0.4, -0.2) is 45.2 Å². The van der Waals surface area contributed by atoms with Gasteiger partial charge in [-0.25, -0.2) is 8.42 Å². The molecule has 1 aliphatic rings. The molecular formula is C17H15N3O6S2. The van der Waals surface area contributed by atoms with Crippen LogP contribution in [0.5, 0.6) is 0 Å². The van der Waals surface area contributed by atoms with Crippen molar-refractivity contribution in [3.05, 3.63) is 52.2 Å². The molecule has 9 nitrogen and oxygen atoms in total. The summed E-state index contributed by atoms with van der Waals surface area (Å²) in [5, 5.41) is 3.81. The van der Waals surface area contributed by atoms with Crippen LogP contribution in [0.15, 0.2) is 51.7 Å². The number of ether oxygens (including phenoxy) is 1. The standard InChI is InChI=1S/C17H15N3O6S2/c21-14(19-17(23)12-5-3-9-27-12)10-26-15(22)7-8-18-16-11-4-1-2-6-13(11)28(24,25)20-16/h1-6,9H,7-8,10H2,(H,18,20)(H,19,21,23). The lowest BCUT2D eigenvalue weighted by Crippen LogP contribution is -2.33. The molecule has 0 radical (unpaired) electrons. The zero-order valence-corrected chi connectivity index (χ0v) is 16.0. The van der Waals surface area contributed by atoms with E-state index in [4.69, 9.17) is 4.74 Å². The number of imide groups is 1. The van der Waals surface area contributed by atoms with Crippen LogP contribution in [0.1, 0.15) is 21.7 Å². The number of amides is 2. The van der Waals surface area contributed by atoms with E-state index in [1.165, 1.54) is 17.4 Å². The summed E-state index contributed by atoms with van der Waals surface area (Å²) in [6.07, 6.45) is -0.153. The van der Waals surface area contributed by atoms with Gasteiger partial charge in [-0.1, -0.05) is 18.2 Å². The molecule has 3 rings (SSSR count). The molecule has 1 aromatic heterocycles. The second kappa shape index (κ2) is 8.31. The predicted molar refractivity (Wildman–Crippen MR) is 101 cm³/mol. The Morgan fingerprint density at radius 3 is 2.68 bits per heavy atom. The maximum atomic E-state index is 12.0. The molecule has 0 aliphatic carbocycles. The Labute approximate surface area is 164 Å². The predicted octanol–water partition coefficient (Wildman–Crippen LogP) is 0.677. The first-order chi connectivity index (χ1) is 13.4. The Bertz CT molecular complexity index is 1040. The molecule has 0 bridgehead atoms. The molecule has 0 saturated heterocycles. The van der Waals surface area contributed by atoms with Gasteiger partial charge in [0.1, 0.15) is 5.84 Å². The van der Waals surface area contributed by atoms with Crippen molar-refractivity contribution in [1.82, 2.24) is 10.0 Å². The largest absolute Gasteiger partial charge is 0.456 e. The van der Waals surface area contributed by atoms with Crippen molar-refractivity contribution in [1.29, 1.82) is 0 Å². The quantitative estimate of drug-likeness (QED) is 0.660. The van der Waals surface area contributed by atoms with Crippen LogP contribution in [0.2, 0.25) is 0 Å². The number of amidine groups is 1. The number of aliphatic imine (C=N–C) groups is 1. The van der Waals surface area contributed by atoms with Gasteiger partial charge in [-0.15, -0.1) is 11.3 Å². The van der Waals surface area contributed by atoms with Gasteiger partial charge in [0.25, 0.3) is 21.8 Å². The Morgan fingerprint density at radius 1 is 1.14 bits per heavy atom. The molecule has 11 heteroatoms. The fraction of sp³-hybridized carbons (Fsp3) is 0.176. The number of esters is 1. The van der Waals surface area contributed by atoms with Crippen LogP contribution in [0.3, 0.4) is 0 Å². The highest BCUT2D eigenvalue weighted by Crippen LogP contribution is 2.22. The van der Waals surface area contributed by atoms with E-state index in [1.54, 1.807) is 35.7 Å². The van der Waals surface area contributed by atoms with E-state index < -0.39 is 34.4 Å². The molecule has 0 unspecified atom stereocenters. The van der Waals surface area contributed by atoms with Crippen molar-refractivity contribution in [2.45, 2.75) is 11.3 Å². The summed E-state index contributed by atoms with van der Waals surface area (Å²) in [6, 6.07) is 9.60. The number of benzene rings is 1.